The molecule has 128 valence electrons. The molecule has 2 unspecified atom stereocenters. The van der Waals surface area contributed by atoms with E-state index in [-0.39, 0.29) is 22.8 Å². The quantitative estimate of drug-likeness (QED) is 0.892. The van der Waals surface area contributed by atoms with Crippen molar-refractivity contribution in [2.45, 2.75) is 31.6 Å². The van der Waals surface area contributed by atoms with Crippen LogP contribution in [0.25, 0.3) is 0 Å². The molecule has 0 spiro atoms. The molecule has 6 nitrogen and oxygen atoms in total. The van der Waals surface area contributed by atoms with Crippen molar-refractivity contribution in [3.8, 4) is 5.75 Å². The Hall–Kier alpha value is -2.15. The number of methoxy groups -OCH3 is 1. The van der Waals surface area contributed by atoms with Gasteiger partial charge >= 0.3 is 0 Å². The van der Waals surface area contributed by atoms with Crippen molar-refractivity contribution in [2.24, 2.45) is 0 Å². The number of amides is 1. The molecule has 1 amide bonds. The molecule has 1 aromatic heterocycles. The molecule has 1 aromatic carbocycles. The maximum absolute atomic E-state index is 12.6. The van der Waals surface area contributed by atoms with E-state index in [2.05, 4.69) is 10.4 Å². The van der Waals surface area contributed by atoms with Gasteiger partial charge < -0.3 is 10.1 Å². The smallest absolute Gasteiger partial charge is 0.270 e. The number of H-pyrrole nitrogens is 1. The Kier molecular flexibility index (Phi) is 4.71. The third kappa shape index (κ3) is 2.96. The van der Waals surface area contributed by atoms with Gasteiger partial charge in [0, 0.05) is 6.04 Å². The van der Waals surface area contributed by atoms with E-state index in [1.807, 2.05) is 38.1 Å². The zero-order valence-electron chi connectivity index (χ0n) is 14.0. The van der Waals surface area contributed by atoms with Gasteiger partial charge in [0.15, 0.2) is 0 Å². The van der Waals surface area contributed by atoms with Crippen LogP contribution in [-0.4, -0.2) is 28.6 Å². The summed E-state index contributed by atoms with van der Waals surface area (Å²) < 4.78 is 6.97. The van der Waals surface area contributed by atoms with Gasteiger partial charge in [-0.1, -0.05) is 19.1 Å². The number of nitrogens with zero attached hydrogens (tertiary/aromatic N) is 1. The lowest BCUT2D eigenvalue weighted by Gasteiger charge is -2.16. The molecule has 7 heteroatoms. The highest BCUT2D eigenvalue weighted by molar-refractivity contribution is 8.00. The lowest BCUT2D eigenvalue weighted by Crippen LogP contribution is -2.18. The van der Waals surface area contributed by atoms with Gasteiger partial charge in [0.2, 0.25) is 5.91 Å². The maximum Gasteiger partial charge on any atom is 0.270 e. The van der Waals surface area contributed by atoms with Crippen molar-refractivity contribution in [2.75, 3.05) is 18.2 Å². The van der Waals surface area contributed by atoms with Crippen molar-refractivity contribution in [3.05, 3.63) is 45.7 Å². The molecule has 2 aromatic rings. The van der Waals surface area contributed by atoms with Crippen LogP contribution in [0.1, 0.15) is 42.7 Å². The highest BCUT2D eigenvalue weighted by Crippen LogP contribution is 2.40. The fourth-order valence-electron chi connectivity index (χ4n) is 2.80. The van der Waals surface area contributed by atoms with E-state index < -0.39 is 0 Å². The molecule has 2 atom stereocenters. The van der Waals surface area contributed by atoms with E-state index in [0.29, 0.717) is 17.1 Å². The topological polar surface area (TPSA) is 76.1 Å². The van der Waals surface area contributed by atoms with Crippen LogP contribution in [0.15, 0.2) is 29.1 Å². The van der Waals surface area contributed by atoms with Gasteiger partial charge in [-0.3, -0.25) is 19.4 Å². The van der Waals surface area contributed by atoms with Gasteiger partial charge in [-0.05, 0) is 31.0 Å². The van der Waals surface area contributed by atoms with E-state index in [0.717, 1.165) is 17.7 Å². The van der Waals surface area contributed by atoms with Gasteiger partial charge in [-0.2, -0.15) is 0 Å². The maximum atomic E-state index is 12.6. The predicted octanol–water partition coefficient (Wildman–Crippen LogP) is 2.93. The van der Waals surface area contributed by atoms with Crippen molar-refractivity contribution < 1.29 is 9.53 Å². The SMILES string of the molecule is CCC(C)n1[nH]c(=O)c2c1NC(=O)CSC2c1ccc(OC)cc1. The fourth-order valence-corrected chi connectivity index (χ4v) is 3.92. The molecule has 0 saturated heterocycles. The standard InChI is InChI=1S/C17H21N3O3S/c1-4-10(2)20-16-14(17(22)19-20)15(24-9-13(21)18-16)11-5-7-12(23-3)8-6-11/h5-8,10,15H,4,9H2,1-3H3,(H,18,21)(H,19,22). The zero-order valence-corrected chi connectivity index (χ0v) is 14.8. The Labute approximate surface area is 144 Å². The van der Waals surface area contributed by atoms with Crippen LogP contribution in [0.5, 0.6) is 5.75 Å². The summed E-state index contributed by atoms with van der Waals surface area (Å²) in [6.07, 6.45) is 0.854. The Bertz CT molecular complexity index is 794. The number of hydrogen-bond donors (Lipinski definition) is 2. The number of fused-ring (bicyclic) bond motifs is 1. The minimum atomic E-state index is -0.195. The molecule has 2 N–H and O–H groups in total. The van der Waals surface area contributed by atoms with Crippen molar-refractivity contribution >= 4 is 23.5 Å². The average Bonchev–Trinajstić information content (AvgIpc) is 2.80. The van der Waals surface area contributed by atoms with Gasteiger partial charge in [0.05, 0.1) is 23.7 Å². The number of ether oxygens (including phenoxy) is 1. The Balaban J connectivity index is 2.11. The fraction of sp³-hybridized carbons (Fsp3) is 0.412. The molecule has 1 aliphatic rings. The summed E-state index contributed by atoms with van der Waals surface area (Å²) >= 11 is 1.46. The molecular weight excluding hydrogens is 326 g/mol. The minimum absolute atomic E-state index is 0.0895. The number of rotatable bonds is 4. The van der Waals surface area contributed by atoms with Crippen LogP contribution in [0.2, 0.25) is 0 Å². The van der Waals surface area contributed by atoms with E-state index >= 15 is 0 Å². The number of thioether (sulfide) groups is 1. The summed E-state index contributed by atoms with van der Waals surface area (Å²) in [6, 6.07) is 7.72. The van der Waals surface area contributed by atoms with E-state index in [4.69, 9.17) is 4.74 Å². The van der Waals surface area contributed by atoms with Gasteiger partial charge in [0.25, 0.3) is 5.56 Å². The lowest BCUT2D eigenvalue weighted by molar-refractivity contribution is -0.113. The third-order valence-electron chi connectivity index (χ3n) is 4.31. The number of anilines is 1. The first-order chi connectivity index (χ1) is 11.5. The molecule has 0 aliphatic carbocycles. The molecule has 0 bridgehead atoms. The van der Waals surface area contributed by atoms with Gasteiger partial charge in [-0.25, -0.2) is 0 Å². The number of nitrogens with one attached hydrogen (secondary N) is 2. The largest absolute Gasteiger partial charge is 0.497 e. The zero-order chi connectivity index (χ0) is 17.3. The van der Waals surface area contributed by atoms with Crippen molar-refractivity contribution in [1.29, 1.82) is 0 Å². The van der Waals surface area contributed by atoms with Crippen LogP contribution < -0.4 is 15.6 Å². The average molecular weight is 347 g/mol. The lowest BCUT2D eigenvalue weighted by atomic mass is 10.1. The van der Waals surface area contributed by atoms with E-state index in [9.17, 15) is 9.59 Å². The molecule has 2 heterocycles. The normalized spacial score (nSPS) is 18.5. The van der Waals surface area contributed by atoms with Crippen molar-refractivity contribution in [1.82, 2.24) is 9.78 Å². The van der Waals surface area contributed by atoms with Crippen LogP contribution in [0, 0.1) is 0 Å². The summed E-state index contributed by atoms with van der Waals surface area (Å²) in [5.74, 6) is 1.57. The molecule has 3 rings (SSSR count). The summed E-state index contributed by atoms with van der Waals surface area (Å²) in [5, 5.41) is 5.59. The van der Waals surface area contributed by atoms with Crippen LogP contribution in [0.3, 0.4) is 0 Å². The molecule has 0 saturated carbocycles. The molecule has 0 fully saturated rings. The molecular formula is C17H21N3O3S. The number of benzene rings is 1. The Morgan fingerprint density at radius 1 is 1.33 bits per heavy atom. The number of carbonyl (C=O) groups is 1. The van der Waals surface area contributed by atoms with Crippen LogP contribution in [0.4, 0.5) is 5.82 Å². The first kappa shape index (κ1) is 16.7. The highest BCUT2D eigenvalue weighted by atomic mass is 32.2. The molecule has 0 radical (unpaired) electrons. The minimum Gasteiger partial charge on any atom is -0.497 e. The highest BCUT2D eigenvalue weighted by Gasteiger charge is 2.31. The van der Waals surface area contributed by atoms with Gasteiger partial charge in [0.1, 0.15) is 11.6 Å². The first-order valence-corrected chi connectivity index (χ1v) is 8.99. The monoisotopic (exact) mass is 347 g/mol. The number of carbonyl (C=O) groups excluding carboxylic acids is 1. The molecule has 1 aliphatic heterocycles. The van der Waals surface area contributed by atoms with E-state index in [1.165, 1.54) is 11.8 Å². The third-order valence-corrected chi connectivity index (χ3v) is 5.58. The first-order valence-electron chi connectivity index (χ1n) is 7.95. The second-order valence-corrected chi connectivity index (χ2v) is 6.94. The van der Waals surface area contributed by atoms with E-state index in [1.54, 1.807) is 11.8 Å². The summed E-state index contributed by atoms with van der Waals surface area (Å²) in [5.41, 5.74) is 1.43. The predicted molar refractivity (Wildman–Crippen MR) is 96.0 cm³/mol. The number of aromatic amines is 1. The number of hydrogen-bond acceptors (Lipinski definition) is 4. The van der Waals surface area contributed by atoms with Crippen LogP contribution in [-0.2, 0) is 4.79 Å². The summed E-state index contributed by atoms with van der Waals surface area (Å²) in [4.78, 5) is 24.7. The summed E-state index contributed by atoms with van der Waals surface area (Å²) in [6.45, 7) is 4.06. The molecule has 24 heavy (non-hydrogen) atoms. The Morgan fingerprint density at radius 2 is 2.04 bits per heavy atom. The Morgan fingerprint density at radius 3 is 2.67 bits per heavy atom. The number of aromatic nitrogens is 2. The van der Waals surface area contributed by atoms with Gasteiger partial charge in [-0.15, -0.1) is 11.8 Å². The van der Waals surface area contributed by atoms with Crippen LogP contribution >= 0.6 is 11.8 Å². The summed E-state index contributed by atoms with van der Waals surface area (Å²) in [7, 11) is 1.62. The second kappa shape index (κ2) is 6.76. The van der Waals surface area contributed by atoms with Crippen molar-refractivity contribution in [3.63, 3.8) is 0 Å². The second-order valence-electron chi connectivity index (χ2n) is 5.84.